The fourth-order valence-corrected chi connectivity index (χ4v) is 6.89. The van der Waals surface area contributed by atoms with E-state index < -0.39 is 26.4 Å². The van der Waals surface area contributed by atoms with E-state index in [0.717, 1.165) is 5.56 Å². The summed E-state index contributed by atoms with van der Waals surface area (Å²) in [5, 5.41) is -1.03. The molecule has 0 N–H and O–H groups in total. The fourth-order valence-electron chi connectivity index (χ4n) is 5.33. The lowest BCUT2D eigenvalue weighted by Gasteiger charge is -2.27. The number of aryl methyl sites for hydroxylation is 1. The van der Waals surface area contributed by atoms with Gasteiger partial charge in [0.25, 0.3) is 0 Å². The van der Waals surface area contributed by atoms with E-state index in [-0.39, 0.29) is 33.7 Å². The summed E-state index contributed by atoms with van der Waals surface area (Å²) in [5.41, 5.74) is -0.119. The number of Topliss-reactive ketones (excluding diaryl/α,β-unsaturated/α-hetero) is 2. The van der Waals surface area contributed by atoms with Gasteiger partial charge in [-0.2, -0.15) is 0 Å². The summed E-state index contributed by atoms with van der Waals surface area (Å²) in [6, 6.07) is 6.56. The second kappa shape index (κ2) is 5.26. The monoisotopic (exact) mass is 362 g/mol. The lowest BCUT2D eigenvalue weighted by molar-refractivity contribution is -0.133. The van der Waals surface area contributed by atoms with E-state index in [9.17, 15) is 18.0 Å². The molecule has 0 amide bonds. The summed E-state index contributed by atoms with van der Waals surface area (Å²) in [7, 11) is -3.74. The van der Waals surface area contributed by atoms with E-state index in [2.05, 4.69) is 0 Å². The molecule has 0 spiro atoms. The Morgan fingerprint density at radius 1 is 1.00 bits per heavy atom. The Labute approximate surface area is 149 Å². The first kappa shape index (κ1) is 18.3. The van der Waals surface area contributed by atoms with Gasteiger partial charge in [-0.3, -0.25) is 9.59 Å². The van der Waals surface area contributed by atoms with Crippen molar-refractivity contribution in [3.8, 4) is 0 Å². The minimum absolute atomic E-state index is 0.0169. The Morgan fingerprint density at radius 3 is 1.96 bits per heavy atom. The number of rotatable bonds is 4. The lowest BCUT2D eigenvalue weighted by atomic mass is 9.77. The number of ketones is 2. The third kappa shape index (κ3) is 2.08. The van der Waals surface area contributed by atoms with Crippen molar-refractivity contribution >= 4 is 21.4 Å². The SMILES string of the molecule is Cc1ccc(S(=O)(=O)C(C)C2C(=O)C3C(C)(C)C3(C(C)C)C2=O)cc1. The molecule has 0 saturated heterocycles. The van der Waals surface area contributed by atoms with E-state index in [0.29, 0.717) is 0 Å². The number of carbonyl (C=O) groups excluding carboxylic acids is 2. The first-order valence-corrected chi connectivity index (χ1v) is 10.3. The van der Waals surface area contributed by atoms with Gasteiger partial charge < -0.3 is 0 Å². The summed E-state index contributed by atoms with van der Waals surface area (Å²) < 4.78 is 25.9. The molecule has 0 aromatic heterocycles. The molecule has 0 heterocycles. The van der Waals surface area contributed by atoms with Crippen LogP contribution in [0.2, 0.25) is 0 Å². The molecule has 4 unspecified atom stereocenters. The van der Waals surface area contributed by atoms with Crippen LogP contribution in [0.3, 0.4) is 0 Å². The molecule has 2 saturated carbocycles. The fraction of sp³-hybridized carbons (Fsp3) is 0.600. The standard InChI is InChI=1S/C20H26O4S/c1-11(2)20-17(19(20,5)6)16(21)15(18(20)22)13(4)25(23,24)14-9-7-12(3)8-10-14/h7-11,13,15,17H,1-6H3. The Bertz CT molecular complexity index is 848. The molecule has 0 bridgehead atoms. The van der Waals surface area contributed by atoms with E-state index in [4.69, 9.17) is 0 Å². The Kier molecular flexibility index (Phi) is 3.85. The van der Waals surface area contributed by atoms with Crippen molar-refractivity contribution in [2.45, 2.75) is 51.7 Å². The molecule has 2 fully saturated rings. The van der Waals surface area contributed by atoms with Gasteiger partial charge in [-0.25, -0.2) is 8.42 Å². The molecule has 2 aliphatic rings. The molecular formula is C20H26O4S. The van der Waals surface area contributed by atoms with Crippen LogP contribution >= 0.6 is 0 Å². The summed E-state index contributed by atoms with van der Waals surface area (Å²) in [6.45, 7) is 11.2. The normalized spacial score (nSPS) is 32.0. The van der Waals surface area contributed by atoms with Crippen LogP contribution in [0, 0.1) is 35.5 Å². The van der Waals surface area contributed by atoms with Crippen LogP contribution in [-0.2, 0) is 19.4 Å². The van der Waals surface area contributed by atoms with Crippen molar-refractivity contribution < 1.29 is 18.0 Å². The number of benzene rings is 1. The van der Waals surface area contributed by atoms with Crippen molar-refractivity contribution in [1.82, 2.24) is 0 Å². The first-order chi connectivity index (χ1) is 11.4. The van der Waals surface area contributed by atoms with Gasteiger partial charge in [0.05, 0.1) is 16.1 Å². The van der Waals surface area contributed by atoms with Crippen molar-refractivity contribution in [2.75, 3.05) is 0 Å². The number of sulfone groups is 1. The van der Waals surface area contributed by atoms with Crippen molar-refractivity contribution in [3.05, 3.63) is 29.8 Å². The molecule has 3 rings (SSSR count). The quantitative estimate of drug-likeness (QED) is 0.771. The number of hydrogen-bond acceptors (Lipinski definition) is 4. The second-order valence-electron chi connectivity index (χ2n) is 8.49. The number of fused-ring (bicyclic) bond motifs is 1. The van der Waals surface area contributed by atoms with Crippen LogP contribution in [0.1, 0.15) is 40.2 Å². The summed E-state index contributed by atoms with van der Waals surface area (Å²) in [6.07, 6.45) is 0. The van der Waals surface area contributed by atoms with Crippen LogP contribution in [0.5, 0.6) is 0 Å². The zero-order valence-corrected chi connectivity index (χ0v) is 16.5. The van der Waals surface area contributed by atoms with Gasteiger partial charge in [-0.05, 0) is 37.3 Å². The van der Waals surface area contributed by atoms with Gasteiger partial charge in [0.2, 0.25) is 0 Å². The number of hydrogen-bond donors (Lipinski definition) is 0. The zero-order chi connectivity index (χ0) is 18.9. The van der Waals surface area contributed by atoms with Crippen LogP contribution < -0.4 is 0 Å². The van der Waals surface area contributed by atoms with Crippen molar-refractivity contribution in [2.24, 2.45) is 28.6 Å². The molecule has 4 atom stereocenters. The van der Waals surface area contributed by atoms with E-state index in [1.807, 2.05) is 34.6 Å². The zero-order valence-electron chi connectivity index (χ0n) is 15.7. The number of carbonyl (C=O) groups is 2. The van der Waals surface area contributed by atoms with Gasteiger partial charge in [0, 0.05) is 11.3 Å². The molecule has 136 valence electrons. The Morgan fingerprint density at radius 2 is 1.52 bits per heavy atom. The predicted molar refractivity (Wildman–Crippen MR) is 95.9 cm³/mol. The van der Waals surface area contributed by atoms with Gasteiger partial charge in [0.15, 0.2) is 15.6 Å². The smallest absolute Gasteiger partial charge is 0.182 e. The molecule has 5 heteroatoms. The van der Waals surface area contributed by atoms with E-state index in [1.165, 1.54) is 6.92 Å². The Balaban J connectivity index is 2.00. The average Bonchev–Trinajstić information content (AvgIpc) is 2.93. The molecule has 0 radical (unpaired) electrons. The Hall–Kier alpha value is -1.49. The first-order valence-electron chi connectivity index (χ1n) is 8.80. The second-order valence-corrected chi connectivity index (χ2v) is 10.8. The van der Waals surface area contributed by atoms with Crippen LogP contribution in [0.15, 0.2) is 29.2 Å². The summed E-state index contributed by atoms with van der Waals surface area (Å²) in [5.74, 6) is -1.75. The van der Waals surface area contributed by atoms with Crippen LogP contribution in [0.4, 0.5) is 0 Å². The van der Waals surface area contributed by atoms with Gasteiger partial charge >= 0.3 is 0 Å². The molecule has 2 aliphatic carbocycles. The summed E-state index contributed by atoms with van der Waals surface area (Å²) >= 11 is 0. The maximum atomic E-state index is 13.2. The maximum absolute atomic E-state index is 13.2. The van der Waals surface area contributed by atoms with E-state index >= 15 is 0 Å². The largest absolute Gasteiger partial charge is 0.298 e. The molecule has 1 aromatic carbocycles. The van der Waals surface area contributed by atoms with Crippen molar-refractivity contribution in [1.29, 1.82) is 0 Å². The average molecular weight is 362 g/mol. The molecular weight excluding hydrogens is 336 g/mol. The minimum Gasteiger partial charge on any atom is -0.298 e. The molecule has 4 nitrogen and oxygen atoms in total. The van der Waals surface area contributed by atoms with Crippen molar-refractivity contribution in [3.63, 3.8) is 0 Å². The topological polar surface area (TPSA) is 68.3 Å². The third-order valence-electron chi connectivity index (χ3n) is 6.66. The van der Waals surface area contributed by atoms with Gasteiger partial charge in [-0.15, -0.1) is 0 Å². The lowest BCUT2D eigenvalue weighted by Crippen LogP contribution is -2.41. The maximum Gasteiger partial charge on any atom is 0.182 e. The highest BCUT2D eigenvalue weighted by molar-refractivity contribution is 7.92. The highest BCUT2D eigenvalue weighted by Crippen LogP contribution is 2.77. The minimum atomic E-state index is -3.74. The highest BCUT2D eigenvalue weighted by atomic mass is 32.2. The molecule has 1 aromatic rings. The predicted octanol–water partition coefficient (Wildman–Crippen LogP) is 3.22. The highest BCUT2D eigenvalue weighted by Gasteiger charge is 2.84. The molecule has 0 aliphatic heterocycles. The van der Waals surface area contributed by atoms with Crippen LogP contribution in [0.25, 0.3) is 0 Å². The summed E-state index contributed by atoms with van der Waals surface area (Å²) in [4.78, 5) is 26.4. The van der Waals surface area contributed by atoms with Crippen LogP contribution in [-0.4, -0.2) is 25.2 Å². The third-order valence-corrected chi connectivity index (χ3v) is 8.84. The van der Waals surface area contributed by atoms with Gasteiger partial charge in [0.1, 0.15) is 5.78 Å². The van der Waals surface area contributed by atoms with E-state index in [1.54, 1.807) is 24.3 Å². The van der Waals surface area contributed by atoms with Gasteiger partial charge in [-0.1, -0.05) is 45.4 Å². The molecule has 25 heavy (non-hydrogen) atoms.